The molecule has 3 rings (SSSR count). The molecule has 0 aliphatic carbocycles. The summed E-state index contributed by atoms with van der Waals surface area (Å²) in [5.74, 6) is -1.00. The summed E-state index contributed by atoms with van der Waals surface area (Å²) in [7, 11) is 1.26. The Morgan fingerprint density at radius 3 is 2.52 bits per heavy atom. The number of carbonyl (C=O) groups excluding carboxylic acids is 4. The summed E-state index contributed by atoms with van der Waals surface area (Å²) in [6.07, 6.45) is 1.55. The van der Waals surface area contributed by atoms with Gasteiger partial charge in [0.1, 0.15) is 5.75 Å². The van der Waals surface area contributed by atoms with E-state index in [1.165, 1.54) is 7.11 Å². The minimum atomic E-state index is -0.542. The van der Waals surface area contributed by atoms with E-state index in [1.807, 2.05) is 0 Å². The Kier molecular flexibility index (Phi) is 7.53. The lowest BCUT2D eigenvalue weighted by atomic mass is 10.1. The maximum atomic E-state index is 12.7. The van der Waals surface area contributed by atoms with Crippen LogP contribution in [0.3, 0.4) is 0 Å². The molecular weight excluding hydrogens is 510 g/mol. The number of ether oxygens (including phenoxy) is 2. The van der Waals surface area contributed by atoms with E-state index in [0.29, 0.717) is 26.4 Å². The fraction of sp³-hybridized carbons (Fsp3) is 0.143. The van der Waals surface area contributed by atoms with Gasteiger partial charge in [-0.1, -0.05) is 17.7 Å². The van der Waals surface area contributed by atoms with E-state index in [4.69, 9.17) is 16.3 Å². The van der Waals surface area contributed by atoms with Crippen molar-refractivity contribution in [1.29, 1.82) is 0 Å². The number of Topliss-reactive ketones (excluding diaryl/α,β-unsaturated/α-hetero) is 1. The van der Waals surface area contributed by atoms with Gasteiger partial charge in [0.15, 0.2) is 12.4 Å². The third-order valence-electron chi connectivity index (χ3n) is 4.17. The Labute approximate surface area is 195 Å². The van der Waals surface area contributed by atoms with Gasteiger partial charge in [-0.05, 0) is 75.7 Å². The number of nitrogens with zero attached hydrogens (tertiary/aromatic N) is 1. The fourth-order valence-electron chi connectivity index (χ4n) is 2.58. The van der Waals surface area contributed by atoms with Gasteiger partial charge in [-0.3, -0.25) is 19.3 Å². The molecule has 1 saturated heterocycles. The highest BCUT2D eigenvalue weighted by molar-refractivity contribution is 9.10. The van der Waals surface area contributed by atoms with Gasteiger partial charge < -0.3 is 9.47 Å². The van der Waals surface area contributed by atoms with E-state index < -0.39 is 17.1 Å². The highest BCUT2D eigenvalue weighted by atomic mass is 79.9. The number of methoxy groups -OCH3 is 1. The van der Waals surface area contributed by atoms with Gasteiger partial charge in [0, 0.05) is 10.6 Å². The Hall–Kier alpha value is -2.62. The van der Waals surface area contributed by atoms with E-state index in [0.717, 1.165) is 16.7 Å². The summed E-state index contributed by atoms with van der Waals surface area (Å²) < 4.78 is 10.4. The standard InChI is InChI=1S/C21H15BrClNO6S/c1-29-19(26)11-30-17-7-2-12(8-15(17)22)9-18-20(27)24(21(28)31-18)10-16(25)13-3-5-14(23)6-4-13/h2-9H,10-11H2,1H3/b18-9+. The van der Waals surface area contributed by atoms with E-state index >= 15 is 0 Å². The van der Waals surface area contributed by atoms with Crippen LogP contribution in [-0.2, 0) is 14.3 Å². The summed E-state index contributed by atoms with van der Waals surface area (Å²) in [5, 5.41) is -0.0332. The second-order valence-corrected chi connectivity index (χ2v) is 8.54. The molecule has 1 heterocycles. The van der Waals surface area contributed by atoms with Crippen LogP contribution in [0.2, 0.25) is 5.02 Å². The molecule has 0 spiro atoms. The van der Waals surface area contributed by atoms with Crippen molar-refractivity contribution in [2.45, 2.75) is 0 Å². The molecule has 31 heavy (non-hydrogen) atoms. The Bertz CT molecular complexity index is 1090. The fourth-order valence-corrected chi connectivity index (χ4v) is 4.05. The Balaban J connectivity index is 1.71. The number of amides is 2. The van der Waals surface area contributed by atoms with Crippen molar-refractivity contribution in [2.24, 2.45) is 0 Å². The lowest BCUT2D eigenvalue weighted by Crippen LogP contribution is -2.33. The molecule has 2 aromatic carbocycles. The highest BCUT2D eigenvalue weighted by Crippen LogP contribution is 2.34. The molecule has 10 heteroatoms. The lowest BCUT2D eigenvalue weighted by molar-refractivity contribution is -0.142. The van der Waals surface area contributed by atoms with E-state index in [9.17, 15) is 19.2 Å². The number of esters is 1. The van der Waals surface area contributed by atoms with Crippen LogP contribution in [0.25, 0.3) is 6.08 Å². The number of halogens is 2. The number of rotatable bonds is 7. The van der Waals surface area contributed by atoms with Crippen molar-refractivity contribution in [3.05, 3.63) is 68.0 Å². The molecule has 0 aromatic heterocycles. The van der Waals surface area contributed by atoms with Crippen LogP contribution in [0.15, 0.2) is 51.8 Å². The lowest BCUT2D eigenvalue weighted by Gasteiger charge is -2.11. The summed E-state index contributed by atoms with van der Waals surface area (Å²) in [5.41, 5.74) is 0.991. The summed E-state index contributed by atoms with van der Waals surface area (Å²) in [4.78, 5) is 49.7. The zero-order valence-electron chi connectivity index (χ0n) is 16.1. The van der Waals surface area contributed by atoms with Crippen LogP contribution in [-0.4, -0.2) is 48.1 Å². The van der Waals surface area contributed by atoms with Crippen LogP contribution in [0, 0.1) is 0 Å². The number of thioether (sulfide) groups is 1. The van der Waals surface area contributed by atoms with Gasteiger partial charge in [-0.15, -0.1) is 0 Å². The van der Waals surface area contributed by atoms with E-state index in [-0.39, 0.29) is 23.8 Å². The minimum absolute atomic E-state index is 0.198. The first kappa shape index (κ1) is 23.1. The molecule has 0 N–H and O–H groups in total. The monoisotopic (exact) mass is 523 g/mol. The first-order valence-electron chi connectivity index (χ1n) is 8.82. The van der Waals surface area contributed by atoms with Gasteiger partial charge in [-0.25, -0.2) is 4.79 Å². The highest BCUT2D eigenvalue weighted by Gasteiger charge is 2.36. The smallest absolute Gasteiger partial charge is 0.343 e. The molecule has 0 saturated carbocycles. The SMILES string of the molecule is COC(=O)COc1ccc(/C=C2/SC(=O)N(CC(=O)c3ccc(Cl)cc3)C2=O)cc1Br. The molecule has 160 valence electrons. The molecule has 0 radical (unpaired) electrons. The third kappa shape index (κ3) is 5.75. The quantitative estimate of drug-likeness (QED) is 0.298. The van der Waals surface area contributed by atoms with Crippen LogP contribution in [0.5, 0.6) is 5.75 Å². The Morgan fingerprint density at radius 1 is 1.16 bits per heavy atom. The summed E-state index contributed by atoms with van der Waals surface area (Å²) >= 11 is 9.92. The minimum Gasteiger partial charge on any atom is -0.481 e. The topological polar surface area (TPSA) is 90.0 Å². The van der Waals surface area contributed by atoms with Gasteiger partial charge in [-0.2, -0.15) is 0 Å². The first-order chi connectivity index (χ1) is 14.8. The third-order valence-corrected chi connectivity index (χ3v) is 5.95. The zero-order chi connectivity index (χ0) is 22.5. The molecule has 1 fully saturated rings. The largest absolute Gasteiger partial charge is 0.481 e. The molecule has 0 unspecified atom stereocenters. The van der Waals surface area contributed by atoms with Crippen molar-refractivity contribution in [2.75, 3.05) is 20.3 Å². The van der Waals surface area contributed by atoms with Crippen molar-refractivity contribution in [3.8, 4) is 5.75 Å². The van der Waals surface area contributed by atoms with Gasteiger partial charge in [0.05, 0.1) is 23.0 Å². The van der Waals surface area contributed by atoms with Crippen LogP contribution < -0.4 is 4.74 Å². The van der Waals surface area contributed by atoms with Gasteiger partial charge in [0.2, 0.25) is 0 Å². The second-order valence-electron chi connectivity index (χ2n) is 6.25. The number of benzene rings is 2. The maximum absolute atomic E-state index is 12.7. The van der Waals surface area contributed by atoms with Crippen molar-refractivity contribution in [1.82, 2.24) is 4.90 Å². The number of ketones is 1. The number of carbonyl (C=O) groups is 4. The average Bonchev–Trinajstić information content (AvgIpc) is 3.00. The Morgan fingerprint density at radius 2 is 1.87 bits per heavy atom. The molecule has 1 aliphatic rings. The predicted molar refractivity (Wildman–Crippen MR) is 120 cm³/mol. The molecule has 2 amide bonds. The van der Waals surface area contributed by atoms with Crippen molar-refractivity contribution < 1.29 is 28.7 Å². The van der Waals surface area contributed by atoms with Gasteiger partial charge >= 0.3 is 5.97 Å². The maximum Gasteiger partial charge on any atom is 0.343 e. The number of imide groups is 1. The molecule has 7 nitrogen and oxygen atoms in total. The van der Waals surface area contributed by atoms with Crippen molar-refractivity contribution >= 4 is 68.3 Å². The predicted octanol–water partition coefficient (Wildman–Crippen LogP) is 4.57. The zero-order valence-corrected chi connectivity index (χ0v) is 19.3. The summed E-state index contributed by atoms with van der Waals surface area (Å²) in [6, 6.07) is 11.2. The first-order valence-corrected chi connectivity index (χ1v) is 10.8. The molecular formula is C21H15BrClNO6S. The van der Waals surface area contributed by atoms with Gasteiger partial charge in [0.25, 0.3) is 11.1 Å². The summed E-state index contributed by atoms with van der Waals surface area (Å²) in [6.45, 7) is -0.595. The number of hydrogen-bond acceptors (Lipinski definition) is 7. The molecule has 0 bridgehead atoms. The van der Waals surface area contributed by atoms with Crippen LogP contribution in [0.1, 0.15) is 15.9 Å². The van der Waals surface area contributed by atoms with Crippen LogP contribution in [0.4, 0.5) is 4.79 Å². The molecule has 2 aromatic rings. The van der Waals surface area contributed by atoms with E-state index in [2.05, 4.69) is 20.7 Å². The number of hydrogen-bond donors (Lipinski definition) is 0. The normalized spacial score (nSPS) is 14.8. The van der Waals surface area contributed by atoms with E-state index in [1.54, 1.807) is 48.5 Å². The molecule has 0 atom stereocenters. The molecule has 1 aliphatic heterocycles. The average molecular weight is 525 g/mol. The second kappa shape index (κ2) is 10.1. The van der Waals surface area contributed by atoms with Crippen LogP contribution >= 0.6 is 39.3 Å². The van der Waals surface area contributed by atoms with Crippen molar-refractivity contribution in [3.63, 3.8) is 0 Å².